The molecule has 2 aliphatic rings. The largest absolute Gasteiger partial charge is 0.493 e. The van der Waals surface area contributed by atoms with E-state index in [1.165, 1.54) is 12.8 Å². The highest BCUT2D eigenvalue weighted by molar-refractivity contribution is 5.95. The molecule has 1 amide bonds. The second kappa shape index (κ2) is 7.88. The van der Waals surface area contributed by atoms with E-state index in [4.69, 9.17) is 15.2 Å². The summed E-state index contributed by atoms with van der Waals surface area (Å²) in [7, 11) is 1.61. The third-order valence-corrected chi connectivity index (χ3v) is 5.13. The number of amides is 1. The number of ether oxygens (including phenoxy) is 2. The Balaban J connectivity index is 1.63. The Morgan fingerprint density at radius 3 is 2.46 bits per heavy atom. The quantitative estimate of drug-likeness (QED) is 0.869. The molecule has 0 bridgehead atoms. The van der Waals surface area contributed by atoms with Gasteiger partial charge in [0.1, 0.15) is 0 Å². The maximum Gasteiger partial charge on any atom is 0.251 e. The fourth-order valence-electron chi connectivity index (χ4n) is 3.62. The monoisotopic (exact) mass is 332 g/mol. The fraction of sp³-hybridized carbons (Fsp3) is 0.632. The minimum atomic E-state index is -0.0545. The molecule has 0 heterocycles. The van der Waals surface area contributed by atoms with Gasteiger partial charge in [-0.15, -0.1) is 0 Å². The second-order valence-corrected chi connectivity index (χ2v) is 6.98. The van der Waals surface area contributed by atoms with Crippen LogP contribution >= 0.6 is 0 Å². The number of nitrogens with two attached hydrogens (primary N) is 1. The smallest absolute Gasteiger partial charge is 0.251 e. The van der Waals surface area contributed by atoms with Crippen molar-refractivity contribution < 1.29 is 14.3 Å². The molecule has 0 spiro atoms. The molecule has 2 aliphatic carbocycles. The molecule has 1 aromatic carbocycles. The first-order valence-electron chi connectivity index (χ1n) is 9.07. The number of hydrogen-bond acceptors (Lipinski definition) is 4. The van der Waals surface area contributed by atoms with Gasteiger partial charge >= 0.3 is 0 Å². The minimum absolute atomic E-state index is 0.0545. The van der Waals surface area contributed by atoms with Gasteiger partial charge in [-0.2, -0.15) is 0 Å². The van der Waals surface area contributed by atoms with E-state index in [9.17, 15) is 4.79 Å². The van der Waals surface area contributed by atoms with E-state index in [1.807, 2.05) is 12.1 Å². The van der Waals surface area contributed by atoms with Crippen LogP contribution < -0.4 is 20.5 Å². The van der Waals surface area contributed by atoms with Crippen molar-refractivity contribution in [2.24, 2.45) is 5.73 Å². The van der Waals surface area contributed by atoms with Crippen molar-refractivity contribution in [2.45, 2.75) is 69.6 Å². The molecule has 5 nitrogen and oxygen atoms in total. The maximum atomic E-state index is 12.5. The molecule has 3 rings (SSSR count). The highest BCUT2D eigenvalue weighted by atomic mass is 16.5. The lowest BCUT2D eigenvalue weighted by Crippen LogP contribution is -2.40. The van der Waals surface area contributed by atoms with Gasteiger partial charge in [-0.05, 0) is 69.6 Å². The first-order valence-corrected chi connectivity index (χ1v) is 9.07. The number of hydrogen-bond donors (Lipinski definition) is 2. The van der Waals surface area contributed by atoms with Crippen molar-refractivity contribution in [3.05, 3.63) is 23.8 Å². The number of carbonyl (C=O) groups is 1. The molecule has 132 valence electrons. The molecule has 0 radical (unpaired) electrons. The second-order valence-electron chi connectivity index (χ2n) is 6.98. The van der Waals surface area contributed by atoms with Crippen LogP contribution in [0, 0.1) is 0 Å². The summed E-state index contributed by atoms with van der Waals surface area (Å²) < 4.78 is 11.5. The summed E-state index contributed by atoms with van der Waals surface area (Å²) in [4.78, 5) is 12.5. The first-order chi connectivity index (χ1) is 11.7. The number of methoxy groups -OCH3 is 1. The molecular formula is C19H28N2O3. The van der Waals surface area contributed by atoms with Crippen LogP contribution in [-0.2, 0) is 0 Å². The topological polar surface area (TPSA) is 73.6 Å². The number of carbonyl (C=O) groups excluding carboxylic acids is 1. The van der Waals surface area contributed by atoms with E-state index in [2.05, 4.69) is 5.32 Å². The van der Waals surface area contributed by atoms with Gasteiger partial charge in [-0.3, -0.25) is 4.79 Å². The van der Waals surface area contributed by atoms with Crippen LogP contribution in [0.5, 0.6) is 11.5 Å². The zero-order valence-electron chi connectivity index (χ0n) is 14.4. The molecule has 2 fully saturated rings. The number of nitrogens with one attached hydrogen (secondary N) is 1. The average Bonchev–Trinajstić information content (AvgIpc) is 3.10. The van der Waals surface area contributed by atoms with Crippen molar-refractivity contribution in [3.8, 4) is 11.5 Å². The standard InChI is InChI=1S/C19H28N2O3/c1-23-18-12-13(6-11-17(18)24-16-4-2-3-5-16)19(22)21-15-9-7-14(20)8-10-15/h6,11-12,14-16H,2-5,7-10,20H2,1H3,(H,21,22). The van der Waals surface area contributed by atoms with Crippen LogP contribution in [0.4, 0.5) is 0 Å². The summed E-state index contributed by atoms with van der Waals surface area (Å²) >= 11 is 0. The molecule has 24 heavy (non-hydrogen) atoms. The Labute approximate surface area is 143 Å². The van der Waals surface area contributed by atoms with Crippen LogP contribution in [0.1, 0.15) is 61.7 Å². The SMILES string of the molecule is COc1cc(C(=O)NC2CCC(N)CC2)ccc1OC1CCCC1. The van der Waals surface area contributed by atoms with E-state index in [1.54, 1.807) is 13.2 Å². The molecule has 2 saturated carbocycles. The highest BCUT2D eigenvalue weighted by Gasteiger charge is 2.22. The number of rotatable bonds is 5. The van der Waals surface area contributed by atoms with Crippen molar-refractivity contribution in [3.63, 3.8) is 0 Å². The summed E-state index contributed by atoms with van der Waals surface area (Å²) in [6, 6.07) is 5.94. The molecule has 3 N–H and O–H groups in total. The number of benzene rings is 1. The Kier molecular flexibility index (Phi) is 5.61. The van der Waals surface area contributed by atoms with E-state index < -0.39 is 0 Å². The van der Waals surface area contributed by atoms with Gasteiger partial charge in [-0.25, -0.2) is 0 Å². The van der Waals surface area contributed by atoms with Gasteiger partial charge in [0.2, 0.25) is 0 Å². The zero-order chi connectivity index (χ0) is 16.9. The van der Waals surface area contributed by atoms with Crippen molar-refractivity contribution in [1.82, 2.24) is 5.32 Å². The van der Waals surface area contributed by atoms with Gasteiger partial charge in [-0.1, -0.05) is 0 Å². The normalized spacial score (nSPS) is 24.6. The Morgan fingerprint density at radius 2 is 1.79 bits per heavy atom. The van der Waals surface area contributed by atoms with Crippen LogP contribution in [0.25, 0.3) is 0 Å². The fourth-order valence-corrected chi connectivity index (χ4v) is 3.62. The summed E-state index contributed by atoms with van der Waals surface area (Å²) in [5.41, 5.74) is 6.53. The van der Waals surface area contributed by atoms with Crippen LogP contribution in [0.2, 0.25) is 0 Å². The minimum Gasteiger partial charge on any atom is -0.493 e. The third kappa shape index (κ3) is 4.20. The average molecular weight is 332 g/mol. The molecule has 1 aromatic rings. The van der Waals surface area contributed by atoms with E-state index >= 15 is 0 Å². The molecule has 5 heteroatoms. The third-order valence-electron chi connectivity index (χ3n) is 5.13. The van der Waals surface area contributed by atoms with Gasteiger partial charge in [0.25, 0.3) is 5.91 Å². The molecule has 0 unspecified atom stereocenters. The van der Waals surface area contributed by atoms with Gasteiger partial charge < -0.3 is 20.5 Å². The van der Waals surface area contributed by atoms with Gasteiger partial charge in [0.05, 0.1) is 13.2 Å². The molecule has 0 saturated heterocycles. The lowest BCUT2D eigenvalue weighted by molar-refractivity contribution is 0.0925. The predicted molar refractivity (Wildman–Crippen MR) is 93.6 cm³/mol. The Morgan fingerprint density at radius 1 is 1.08 bits per heavy atom. The molecular weight excluding hydrogens is 304 g/mol. The van der Waals surface area contributed by atoms with E-state index in [0.29, 0.717) is 11.3 Å². The lowest BCUT2D eigenvalue weighted by atomic mass is 9.91. The zero-order valence-corrected chi connectivity index (χ0v) is 14.4. The molecule has 0 atom stereocenters. The molecule has 0 aliphatic heterocycles. The van der Waals surface area contributed by atoms with Gasteiger partial charge in [0, 0.05) is 17.6 Å². The highest BCUT2D eigenvalue weighted by Crippen LogP contribution is 2.32. The van der Waals surface area contributed by atoms with Crippen molar-refractivity contribution >= 4 is 5.91 Å². The summed E-state index contributed by atoms with van der Waals surface area (Å²) in [6.07, 6.45) is 8.75. The molecule has 0 aromatic heterocycles. The van der Waals surface area contributed by atoms with Crippen LogP contribution in [0.3, 0.4) is 0 Å². The van der Waals surface area contributed by atoms with E-state index in [0.717, 1.165) is 44.3 Å². The lowest BCUT2D eigenvalue weighted by Gasteiger charge is -2.26. The van der Waals surface area contributed by atoms with Crippen LogP contribution in [-0.4, -0.2) is 31.2 Å². The van der Waals surface area contributed by atoms with Gasteiger partial charge in [0.15, 0.2) is 11.5 Å². The summed E-state index contributed by atoms with van der Waals surface area (Å²) in [5, 5.41) is 3.11. The maximum absolute atomic E-state index is 12.5. The summed E-state index contributed by atoms with van der Waals surface area (Å²) in [6.45, 7) is 0. The van der Waals surface area contributed by atoms with Crippen molar-refractivity contribution in [2.75, 3.05) is 7.11 Å². The summed E-state index contributed by atoms with van der Waals surface area (Å²) in [5.74, 6) is 1.30. The Hall–Kier alpha value is -1.75. The first kappa shape index (κ1) is 17.1. The van der Waals surface area contributed by atoms with E-state index in [-0.39, 0.29) is 24.1 Å². The van der Waals surface area contributed by atoms with Crippen molar-refractivity contribution in [1.29, 1.82) is 0 Å². The predicted octanol–water partition coefficient (Wildman–Crippen LogP) is 3.02. The van der Waals surface area contributed by atoms with Crippen LogP contribution in [0.15, 0.2) is 18.2 Å². The Bertz CT molecular complexity index is 562.